The van der Waals surface area contributed by atoms with Gasteiger partial charge in [-0.2, -0.15) is 0 Å². The summed E-state index contributed by atoms with van der Waals surface area (Å²) in [6.45, 7) is 5.60. The molecule has 0 aliphatic carbocycles. The van der Waals surface area contributed by atoms with Crippen LogP contribution in [0.5, 0.6) is 0 Å². The van der Waals surface area contributed by atoms with E-state index in [2.05, 4.69) is 24.3 Å². The van der Waals surface area contributed by atoms with Crippen molar-refractivity contribution in [2.45, 2.75) is 25.6 Å². The second-order valence-electron chi connectivity index (χ2n) is 5.17. The Kier molecular flexibility index (Phi) is 3.09. The fourth-order valence-electron chi connectivity index (χ4n) is 2.23. The van der Waals surface area contributed by atoms with Crippen LogP contribution in [-0.2, 0) is 0 Å². The van der Waals surface area contributed by atoms with E-state index < -0.39 is 8.07 Å². The van der Waals surface area contributed by atoms with Gasteiger partial charge in [0.1, 0.15) is 0 Å². The van der Waals surface area contributed by atoms with Crippen LogP contribution in [0, 0.1) is 6.20 Å². The molecule has 1 aliphatic rings. The van der Waals surface area contributed by atoms with E-state index in [-0.39, 0.29) is 5.91 Å². The molecule has 0 atom stereocenters. The second-order valence-corrected chi connectivity index (χ2v) is 10.3. The van der Waals surface area contributed by atoms with E-state index >= 15 is 0 Å². The SMILES string of the molecule is C[Si]1(C)CCCN(C(=O)c2cc[c]nc2)C1. The number of pyridine rings is 1. The Balaban J connectivity index is 2.11. The molecule has 0 N–H and O–H groups in total. The normalized spacial score (nSPS) is 19.5. The van der Waals surface area contributed by atoms with E-state index in [1.165, 1.54) is 6.04 Å². The third kappa shape index (κ3) is 2.50. The van der Waals surface area contributed by atoms with Gasteiger partial charge in [-0.3, -0.25) is 9.78 Å². The van der Waals surface area contributed by atoms with Crippen molar-refractivity contribution in [2.75, 3.05) is 12.7 Å². The molecule has 1 radical (unpaired) electrons. The van der Waals surface area contributed by atoms with Crippen molar-refractivity contribution in [1.29, 1.82) is 0 Å². The van der Waals surface area contributed by atoms with Crippen molar-refractivity contribution in [1.82, 2.24) is 9.88 Å². The predicted octanol–water partition coefficient (Wildman–Crippen LogP) is 1.98. The average molecular weight is 233 g/mol. The Bertz CT molecular complexity index is 378. The molecular weight excluding hydrogens is 216 g/mol. The maximum atomic E-state index is 12.2. The summed E-state index contributed by atoms with van der Waals surface area (Å²) in [7, 11) is -1.17. The van der Waals surface area contributed by atoms with E-state index in [1.54, 1.807) is 18.3 Å². The van der Waals surface area contributed by atoms with Crippen LogP contribution in [0.25, 0.3) is 0 Å². The lowest BCUT2D eigenvalue weighted by Gasteiger charge is -2.36. The number of rotatable bonds is 1. The summed E-state index contributed by atoms with van der Waals surface area (Å²) in [5.41, 5.74) is 0.686. The molecule has 2 heterocycles. The van der Waals surface area contributed by atoms with Crippen molar-refractivity contribution in [3.8, 4) is 0 Å². The molecule has 1 aromatic rings. The van der Waals surface area contributed by atoms with Crippen molar-refractivity contribution in [3.05, 3.63) is 30.1 Å². The Hall–Kier alpha value is -1.16. The van der Waals surface area contributed by atoms with Gasteiger partial charge in [0.05, 0.1) is 19.8 Å². The third-order valence-electron chi connectivity index (χ3n) is 3.05. The smallest absolute Gasteiger partial charge is 0.255 e. The molecule has 1 saturated heterocycles. The molecule has 0 unspecified atom stereocenters. The van der Waals surface area contributed by atoms with Gasteiger partial charge in [-0.25, -0.2) is 0 Å². The Morgan fingerprint density at radius 3 is 3.00 bits per heavy atom. The Morgan fingerprint density at radius 1 is 1.56 bits per heavy atom. The first-order valence-electron chi connectivity index (χ1n) is 5.70. The highest BCUT2D eigenvalue weighted by Crippen LogP contribution is 2.21. The van der Waals surface area contributed by atoms with Gasteiger partial charge < -0.3 is 4.90 Å². The molecule has 1 aromatic heterocycles. The van der Waals surface area contributed by atoms with E-state index in [9.17, 15) is 4.79 Å². The summed E-state index contributed by atoms with van der Waals surface area (Å²) in [6.07, 6.45) is 6.42. The van der Waals surface area contributed by atoms with Crippen molar-refractivity contribution in [2.24, 2.45) is 0 Å². The van der Waals surface area contributed by atoms with Gasteiger partial charge in [0, 0.05) is 18.9 Å². The van der Waals surface area contributed by atoms with Crippen LogP contribution < -0.4 is 0 Å². The van der Waals surface area contributed by atoms with E-state index in [0.717, 1.165) is 19.1 Å². The number of amides is 1. The molecule has 2 rings (SSSR count). The van der Waals surface area contributed by atoms with Gasteiger partial charge in [0.2, 0.25) is 0 Å². The number of aromatic nitrogens is 1. The van der Waals surface area contributed by atoms with Gasteiger partial charge in [-0.15, -0.1) is 0 Å². The Labute approximate surface area is 97.5 Å². The lowest BCUT2D eigenvalue weighted by atomic mass is 10.2. The van der Waals surface area contributed by atoms with Crippen molar-refractivity contribution in [3.63, 3.8) is 0 Å². The minimum absolute atomic E-state index is 0.127. The van der Waals surface area contributed by atoms with E-state index in [0.29, 0.717) is 5.56 Å². The van der Waals surface area contributed by atoms with Gasteiger partial charge in [-0.05, 0) is 18.6 Å². The summed E-state index contributed by atoms with van der Waals surface area (Å²) < 4.78 is 0. The molecule has 3 nitrogen and oxygen atoms in total. The highest BCUT2D eigenvalue weighted by atomic mass is 28.3. The molecule has 0 saturated carbocycles. The quantitative estimate of drug-likeness (QED) is 0.695. The first-order chi connectivity index (χ1) is 7.58. The predicted molar refractivity (Wildman–Crippen MR) is 65.9 cm³/mol. The van der Waals surface area contributed by atoms with Crippen LogP contribution in [0.15, 0.2) is 18.3 Å². The van der Waals surface area contributed by atoms with Crippen LogP contribution in [0.3, 0.4) is 0 Å². The number of hydrogen-bond donors (Lipinski definition) is 0. The standard InChI is InChI=1S/C12H17N2OSi/c1-16(2)8-4-7-14(10-16)12(15)11-5-3-6-13-9-11/h3,5,9H,4,7-8,10H2,1-2H3. The van der Waals surface area contributed by atoms with Gasteiger partial charge in [-0.1, -0.05) is 19.1 Å². The highest BCUT2D eigenvalue weighted by molar-refractivity contribution is 6.77. The zero-order chi connectivity index (χ0) is 11.6. The van der Waals surface area contributed by atoms with Crippen LogP contribution in [0.1, 0.15) is 16.8 Å². The van der Waals surface area contributed by atoms with E-state index in [1.807, 2.05) is 4.90 Å². The molecule has 0 spiro atoms. The lowest BCUT2D eigenvalue weighted by Crippen LogP contribution is -2.49. The lowest BCUT2D eigenvalue weighted by molar-refractivity contribution is 0.0772. The van der Waals surface area contributed by atoms with Crippen LogP contribution in [0.4, 0.5) is 0 Å². The van der Waals surface area contributed by atoms with Gasteiger partial charge in [0.15, 0.2) is 0 Å². The van der Waals surface area contributed by atoms with E-state index in [4.69, 9.17) is 0 Å². The third-order valence-corrected chi connectivity index (χ3v) is 6.00. The first-order valence-corrected chi connectivity index (χ1v) is 9.11. The molecule has 1 aliphatic heterocycles. The zero-order valence-corrected chi connectivity index (χ0v) is 10.9. The van der Waals surface area contributed by atoms with Gasteiger partial charge in [0.25, 0.3) is 5.91 Å². The largest absolute Gasteiger partial charge is 0.342 e. The van der Waals surface area contributed by atoms with Crippen LogP contribution in [-0.4, -0.2) is 36.6 Å². The monoisotopic (exact) mass is 233 g/mol. The molecule has 4 heteroatoms. The zero-order valence-electron chi connectivity index (χ0n) is 9.86. The fraction of sp³-hybridized carbons (Fsp3) is 0.500. The second kappa shape index (κ2) is 4.37. The minimum Gasteiger partial charge on any atom is -0.342 e. The fourth-order valence-corrected chi connectivity index (χ4v) is 4.83. The highest BCUT2D eigenvalue weighted by Gasteiger charge is 2.31. The molecule has 1 amide bonds. The molecule has 0 bridgehead atoms. The summed E-state index contributed by atoms with van der Waals surface area (Å²) in [6, 6.07) is 4.82. The maximum absolute atomic E-state index is 12.2. The summed E-state index contributed by atoms with van der Waals surface area (Å²) in [5.74, 6) is 0.127. The average Bonchev–Trinajstić information content (AvgIpc) is 2.28. The van der Waals surface area contributed by atoms with Gasteiger partial charge >= 0.3 is 0 Å². The number of nitrogens with zero attached hydrogens (tertiary/aromatic N) is 2. The topological polar surface area (TPSA) is 33.2 Å². The van der Waals surface area contributed by atoms with Crippen LogP contribution >= 0.6 is 0 Å². The van der Waals surface area contributed by atoms with Crippen molar-refractivity contribution < 1.29 is 4.79 Å². The maximum Gasteiger partial charge on any atom is 0.255 e. The molecule has 1 fully saturated rings. The Morgan fingerprint density at radius 2 is 2.38 bits per heavy atom. The molecule has 85 valence electrons. The minimum atomic E-state index is -1.17. The van der Waals surface area contributed by atoms with Crippen molar-refractivity contribution >= 4 is 14.0 Å². The molecule has 16 heavy (non-hydrogen) atoms. The number of hydrogen-bond acceptors (Lipinski definition) is 2. The number of carbonyl (C=O) groups is 1. The molecular formula is C12H17N2OSi. The first kappa shape index (κ1) is 11.3. The van der Waals surface area contributed by atoms with Crippen LogP contribution in [0.2, 0.25) is 19.1 Å². The number of carbonyl (C=O) groups excluding carboxylic acids is 1. The summed E-state index contributed by atoms with van der Waals surface area (Å²) in [5, 5.41) is 0. The summed E-state index contributed by atoms with van der Waals surface area (Å²) in [4.78, 5) is 18.1. The molecule has 0 aromatic carbocycles. The summed E-state index contributed by atoms with van der Waals surface area (Å²) >= 11 is 0.